The highest BCUT2D eigenvalue weighted by atomic mass is 16.2. The zero-order valence-electron chi connectivity index (χ0n) is 12.7. The Hall–Kier alpha value is -0.610. The molecule has 18 heavy (non-hydrogen) atoms. The van der Waals surface area contributed by atoms with Crippen molar-refractivity contribution < 1.29 is 15.0 Å². The molecular formula is C14H31N3O+2. The van der Waals surface area contributed by atoms with Gasteiger partial charge in [0.25, 0.3) is 5.91 Å². The summed E-state index contributed by atoms with van der Waals surface area (Å²) in [5.74, 6) is 0.323. The lowest BCUT2D eigenvalue weighted by Gasteiger charge is -2.39. The highest BCUT2D eigenvalue weighted by Gasteiger charge is 2.32. The summed E-state index contributed by atoms with van der Waals surface area (Å²) < 4.78 is 0. The molecule has 1 fully saturated rings. The van der Waals surface area contributed by atoms with Gasteiger partial charge in [-0.1, -0.05) is 0 Å². The third-order valence-electron chi connectivity index (χ3n) is 4.00. The number of nitrogens with two attached hydrogens (primary N) is 1. The number of amides is 1. The summed E-state index contributed by atoms with van der Waals surface area (Å²) in [6.07, 6.45) is 3.57. The van der Waals surface area contributed by atoms with Crippen molar-refractivity contribution in [2.75, 3.05) is 27.2 Å². The Morgan fingerprint density at radius 1 is 1.33 bits per heavy atom. The van der Waals surface area contributed by atoms with Crippen molar-refractivity contribution in [2.24, 2.45) is 0 Å². The number of nitrogens with one attached hydrogen (secondary N) is 1. The number of likely N-dealkylation sites (tertiary alicyclic amines) is 1. The number of quaternary nitrogens is 2. The fourth-order valence-corrected chi connectivity index (χ4v) is 2.81. The normalized spacial score (nSPS) is 26.4. The first-order valence-electron chi connectivity index (χ1n) is 7.38. The molecule has 0 aliphatic carbocycles. The second-order valence-corrected chi connectivity index (χ2v) is 6.14. The predicted octanol–water partition coefficient (Wildman–Crippen LogP) is -1.13. The number of nitrogens with zero attached hydrogens (tertiary/aromatic N) is 1. The van der Waals surface area contributed by atoms with E-state index in [2.05, 4.69) is 38.2 Å². The summed E-state index contributed by atoms with van der Waals surface area (Å²) in [6, 6.07) is 0.889. The molecule has 0 spiro atoms. The predicted molar refractivity (Wildman–Crippen MR) is 73.6 cm³/mol. The average Bonchev–Trinajstić information content (AvgIpc) is 2.27. The van der Waals surface area contributed by atoms with E-state index in [0.717, 1.165) is 25.9 Å². The summed E-state index contributed by atoms with van der Waals surface area (Å²) in [6.45, 7) is 8.53. The van der Waals surface area contributed by atoms with E-state index in [0.29, 0.717) is 18.0 Å². The van der Waals surface area contributed by atoms with Gasteiger partial charge in [-0.2, -0.15) is 0 Å². The van der Waals surface area contributed by atoms with Crippen LogP contribution in [0.15, 0.2) is 0 Å². The van der Waals surface area contributed by atoms with Gasteiger partial charge in [0, 0.05) is 12.1 Å². The van der Waals surface area contributed by atoms with Crippen molar-refractivity contribution >= 4 is 5.91 Å². The van der Waals surface area contributed by atoms with Crippen LogP contribution in [-0.4, -0.2) is 56.1 Å². The molecule has 1 amide bonds. The first-order valence-corrected chi connectivity index (χ1v) is 7.38. The van der Waals surface area contributed by atoms with Crippen LogP contribution in [0.3, 0.4) is 0 Å². The Labute approximate surface area is 112 Å². The molecule has 4 nitrogen and oxygen atoms in total. The van der Waals surface area contributed by atoms with E-state index in [9.17, 15) is 4.79 Å². The Bertz CT molecular complexity index is 258. The Morgan fingerprint density at radius 2 is 1.89 bits per heavy atom. The van der Waals surface area contributed by atoms with Crippen molar-refractivity contribution in [3.8, 4) is 0 Å². The first-order chi connectivity index (χ1) is 8.43. The standard InChI is InChI=1S/C14H29N3O/c1-11-7-6-8-12(2)17(11)14(18)13(3)15-9-10-16(4)5/h11-13,15H,6-10H2,1-5H3/p+2/t11-,12-,13+/m0/s1. The summed E-state index contributed by atoms with van der Waals surface area (Å²) in [5, 5.41) is 2.18. The number of carbonyl (C=O) groups excluding carboxylic acids is 1. The van der Waals surface area contributed by atoms with E-state index >= 15 is 0 Å². The number of piperidine rings is 1. The van der Waals surface area contributed by atoms with Gasteiger partial charge in [0.15, 0.2) is 6.04 Å². The van der Waals surface area contributed by atoms with Gasteiger partial charge in [-0.05, 0) is 40.0 Å². The van der Waals surface area contributed by atoms with Gasteiger partial charge in [0.2, 0.25) is 0 Å². The zero-order valence-corrected chi connectivity index (χ0v) is 12.7. The molecule has 106 valence electrons. The number of hydrogen-bond donors (Lipinski definition) is 2. The minimum atomic E-state index is 0.0624. The molecule has 0 aromatic rings. The Kier molecular flexibility index (Phi) is 6.09. The maximum Gasteiger partial charge on any atom is 0.280 e. The minimum absolute atomic E-state index is 0.0624. The molecule has 1 heterocycles. The summed E-state index contributed by atoms with van der Waals surface area (Å²) in [5.41, 5.74) is 0. The fraction of sp³-hybridized carbons (Fsp3) is 0.929. The molecule has 0 aromatic carbocycles. The number of carbonyl (C=O) groups is 1. The van der Waals surface area contributed by atoms with Crippen LogP contribution in [-0.2, 0) is 4.79 Å². The molecule has 0 unspecified atom stereocenters. The second-order valence-electron chi connectivity index (χ2n) is 6.14. The van der Waals surface area contributed by atoms with E-state index in [1.165, 1.54) is 11.3 Å². The van der Waals surface area contributed by atoms with Crippen LogP contribution in [0.2, 0.25) is 0 Å². The second kappa shape index (κ2) is 7.10. The largest absolute Gasteiger partial charge is 0.335 e. The van der Waals surface area contributed by atoms with Gasteiger partial charge in [-0.15, -0.1) is 0 Å². The number of hydrogen-bond acceptors (Lipinski definition) is 1. The summed E-state index contributed by atoms with van der Waals surface area (Å²) in [4.78, 5) is 16.0. The fourth-order valence-electron chi connectivity index (χ4n) is 2.81. The lowest BCUT2D eigenvalue weighted by Crippen LogP contribution is -3.10. The molecule has 0 saturated carbocycles. The van der Waals surface area contributed by atoms with Crippen molar-refractivity contribution in [3.63, 3.8) is 0 Å². The molecule has 3 atom stereocenters. The molecule has 1 aliphatic rings. The quantitative estimate of drug-likeness (QED) is 0.643. The molecule has 1 saturated heterocycles. The van der Waals surface area contributed by atoms with Gasteiger partial charge in [-0.3, -0.25) is 4.79 Å². The molecule has 4 heteroatoms. The molecule has 3 N–H and O–H groups in total. The van der Waals surface area contributed by atoms with Crippen LogP contribution in [0, 0.1) is 0 Å². The van der Waals surface area contributed by atoms with Crippen LogP contribution >= 0.6 is 0 Å². The average molecular weight is 257 g/mol. The van der Waals surface area contributed by atoms with E-state index in [1.807, 2.05) is 6.92 Å². The summed E-state index contributed by atoms with van der Waals surface area (Å²) >= 11 is 0. The van der Waals surface area contributed by atoms with E-state index < -0.39 is 0 Å². The highest BCUT2D eigenvalue weighted by Crippen LogP contribution is 2.22. The van der Waals surface area contributed by atoms with Crippen LogP contribution in [0.25, 0.3) is 0 Å². The monoisotopic (exact) mass is 257 g/mol. The molecule has 0 radical (unpaired) electrons. The highest BCUT2D eigenvalue weighted by molar-refractivity contribution is 5.80. The molecule has 1 aliphatic heterocycles. The van der Waals surface area contributed by atoms with Crippen molar-refractivity contribution in [2.45, 2.75) is 58.2 Å². The van der Waals surface area contributed by atoms with E-state index in [-0.39, 0.29) is 6.04 Å². The lowest BCUT2D eigenvalue weighted by molar-refractivity contribution is -0.875. The summed E-state index contributed by atoms with van der Waals surface area (Å²) in [7, 11) is 4.30. The van der Waals surface area contributed by atoms with E-state index in [1.54, 1.807) is 0 Å². The molecule has 0 aromatic heterocycles. The van der Waals surface area contributed by atoms with Crippen molar-refractivity contribution in [1.82, 2.24) is 4.90 Å². The van der Waals surface area contributed by atoms with Crippen molar-refractivity contribution in [3.05, 3.63) is 0 Å². The Morgan fingerprint density at radius 3 is 2.39 bits per heavy atom. The van der Waals surface area contributed by atoms with Crippen LogP contribution < -0.4 is 10.2 Å². The zero-order chi connectivity index (χ0) is 13.7. The lowest BCUT2D eigenvalue weighted by atomic mass is 9.96. The Balaban J connectivity index is 2.46. The third-order valence-corrected chi connectivity index (χ3v) is 4.00. The smallest absolute Gasteiger partial charge is 0.280 e. The van der Waals surface area contributed by atoms with Gasteiger partial charge in [-0.25, -0.2) is 0 Å². The van der Waals surface area contributed by atoms with Crippen LogP contribution in [0.5, 0.6) is 0 Å². The van der Waals surface area contributed by atoms with Gasteiger partial charge < -0.3 is 15.1 Å². The minimum Gasteiger partial charge on any atom is -0.335 e. The number of likely N-dealkylation sites (N-methyl/N-ethyl adjacent to an activating group) is 1. The number of rotatable bonds is 5. The van der Waals surface area contributed by atoms with Gasteiger partial charge in [0.1, 0.15) is 13.1 Å². The maximum absolute atomic E-state index is 12.5. The molecule has 0 bridgehead atoms. The molecular weight excluding hydrogens is 226 g/mol. The topological polar surface area (TPSA) is 41.4 Å². The van der Waals surface area contributed by atoms with Crippen molar-refractivity contribution in [1.29, 1.82) is 0 Å². The third kappa shape index (κ3) is 4.25. The van der Waals surface area contributed by atoms with Gasteiger partial charge >= 0.3 is 0 Å². The van der Waals surface area contributed by atoms with Crippen LogP contribution in [0.1, 0.15) is 40.0 Å². The van der Waals surface area contributed by atoms with Gasteiger partial charge in [0.05, 0.1) is 14.1 Å². The SMILES string of the molecule is C[C@@H]([NH2+]CC[NH+](C)C)C(=O)N1[C@@H](C)CCC[C@@H]1C. The molecule has 1 rings (SSSR count). The first kappa shape index (κ1) is 15.4. The maximum atomic E-state index is 12.5. The van der Waals surface area contributed by atoms with E-state index in [4.69, 9.17) is 0 Å². The van der Waals surface area contributed by atoms with Crippen LogP contribution in [0.4, 0.5) is 0 Å².